The van der Waals surface area contributed by atoms with Crippen LogP contribution in [0.4, 0.5) is 4.79 Å². The number of nitrogens with one attached hydrogen (secondary N) is 1. The molecule has 102 valence electrons. The Morgan fingerprint density at radius 1 is 1.24 bits per heavy atom. The SMILES string of the molecule is CCOCCCCNC(=O)N(C)CCCOC. The summed E-state index contributed by atoms with van der Waals surface area (Å²) in [5, 5.41) is 2.88. The maximum Gasteiger partial charge on any atom is 0.317 e. The third kappa shape index (κ3) is 10.1. The van der Waals surface area contributed by atoms with Gasteiger partial charge in [0.05, 0.1) is 0 Å². The van der Waals surface area contributed by atoms with Gasteiger partial charge in [-0.25, -0.2) is 4.79 Å². The first kappa shape index (κ1) is 16.2. The van der Waals surface area contributed by atoms with Crippen molar-refractivity contribution in [2.45, 2.75) is 26.2 Å². The van der Waals surface area contributed by atoms with Crippen molar-refractivity contribution in [3.8, 4) is 0 Å². The Hall–Kier alpha value is -0.810. The minimum atomic E-state index is -0.0162. The number of nitrogens with zero attached hydrogens (tertiary/aromatic N) is 1. The quantitative estimate of drug-likeness (QED) is 0.594. The predicted molar refractivity (Wildman–Crippen MR) is 68.2 cm³/mol. The second kappa shape index (κ2) is 11.7. The van der Waals surface area contributed by atoms with Crippen molar-refractivity contribution in [1.29, 1.82) is 0 Å². The van der Waals surface area contributed by atoms with E-state index in [0.29, 0.717) is 13.2 Å². The molecule has 0 radical (unpaired) electrons. The third-order valence-corrected chi connectivity index (χ3v) is 2.38. The summed E-state index contributed by atoms with van der Waals surface area (Å²) in [4.78, 5) is 13.3. The number of methoxy groups -OCH3 is 1. The van der Waals surface area contributed by atoms with Gasteiger partial charge >= 0.3 is 6.03 Å². The van der Waals surface area contributed by atoms with Gasteiger partial charge in [-0.2, -0.15) is 0 Å². The number of rotatable bonds is 10. The number of carbonyl (C=O) groups excluding carboxylic acids is 1. The fourth-order valence-electron chi connectivity index (χ4n) is 1.35. The van der Waals surface area contributed by atoms with Crippen LogP contribution in [0.15, 0.2) is 0 Å². The van der Waals surface area contributed by atoms with Crippen LogP contribution in [0, 0.1) is 0 Å². The third-order valence-electron chi connectivity index (χ3n) is 2.38. The minimum Gasteiger partial charge on any atom is -0.385 e. The van der Waals surface area contributed by atoms with E-state index in [9.17, 15) is 4.79 Å². The summed E-state index contributed by atoms with van der Waals surface area (Å²) >= 11 is 0. The van der Waals surface area contributed by atoms with Gasteiger partial charge in [-0.05, 0) is 26.2 Å². The molecule has 0 unspecified atom stereocenters. The van der Waals surface area contributed by atoms with Crippen molar-refractivity contribution >= 4 is 6.03 Å². The van der Waals surface area contributed by atoms with Crippen LogP contribution >= 0.6 is 0 Å². The van der Waals surface area contributed by atoms with Crippen LogP contribution in [0.3, 0.4) is 0 Å². The lowest BCUT2D eigenvalue weighted by atomic mass is 10.3. The van der Waals surface area contributed by atoms with Crippen LogP contribution in [0.5, 0.6) is 0 Å². The highest BCUT2D eigenvalue weighted by atomic mass is 16.5. The molecular formula is C12H26N2O3. The molecule has 0 fully saturated rings. The normalized spacial score (nSPS) is 10.3. The summed E-state index contributed by atoms with van der Waals surface area (Å²) < 4.78 is 10.2. The van der Waals surface area contributed by atoms with Gasteiger partial charge in [-0.1, -0.05) is 0 Å². The van der Waals surface area contributed by atoms with E-state index in [0.717, 1.165) is 39.0 Å². The minimum absolute atomic E-state index is 0.0162. The van der Waals surface area contributed by atoms with E-state index in [1.165, 1.54) is 0 Å². The fraction of sp³-hybridized carbons (Fsp3) is 0.917. The smallest absolute Gasteiger partial charge is 0.317 e. The van der Waals surface area contributed by atoms with E-state index in [2.05, 4.69) is 5.32 Å². The van der Waals surface area contributed by atoms with E-state index in [1.807, 2.05) is 6.92 Å². The number of unbranched alkanes of at least 4 members (excludes halogenated alkanes) is 1. The maximum atomic E-state index is 11.6. The van der Waals surface area contributed by atoms with Gasteiger partial charge in [0, 0.05) is 47.1 Å². The Labute approximate surface area is 104 Å². The van der Waals surface area contributed by atoms with Crippen molar-refractivity contribution in [3.63, 3.8) is 0 Å². The molecule has 0 aliphatic heterocycles. The summed E-state index contributed by atoms with van der Waals surface area (Å²) in [6.07, 6.45) is 2.81. The van der Waals surface area contributed by atoms with Crippen LogP contribution in [-0.2, 0) is 9.47 Å². The van der Waals surface area contributed by atoms with Crippen LogP contribution < -0.4 is 5.32 Å². The Balaban J connectivity index is 3.37. The van der Waals surface area contributed by atoms with Gasteiger partial charge < -0.3 is 19.7 Å². The zero-order valence-electron chi connectivity index (χ0n) is 11.3. The lowest BCUT2D eigenvalue weighted by Gasteiger charge is -2.17. The van der Waals surface area contributed by atoms with E-state index in [-0.39, 0.29) is 6.03 Å². The van der Waals surface area contributed by atoms with Crippen molar-refractivity contribution in [2.24, 2.45) is 0 Å². The maximum absolute atomic E-state index is 11.6. The lowest BCUT2D eigenvalue weighted by molar-refractivity contribution is 0.143. The summed E-state index contributed by atoms with van der Waals surface area (Å²) in [6, 6.07) is -0.0162. The number of carbonyl (C=O) groups is 1. The highest BCUT2D eigenvalue weighted by molar-refractivity contribution is 5.73. The first-order valence-electron chi connectivity index (χ1n) is 6.28. The molecule has 0 saturated carbocycles. The summed E-state index contributed by atoms with van der Waals surface area (Å²) in [5.74, 6) is 0. The van der Waals surface area contributed by atoms with E-state index < -0.39 is 0 Å². The van der Waals surface area contributed by atoms with Gasteiger partial charge in [0.2, 0.25) is 0 Å². The van der Waals surface area contributed by atoms with Crippen LogP contribution in [-0.4, -0.2) is 58.0 Å². The first-order chi connectivity index (χ1) is 8.22. The highest BCUT2D eigenvalue weighted by Crippen LogP contribution is 1.92. The molecule has 1 N–H and O–H groups in total. The molecule has 0 heterocycles. The number of ether oxygens (including phenoxy) is 2. The van der Waals surface area contributed by atoms with Gasteiger partial charge in [0.25, 0.3) is 0 Å². The Bertz CT molecular complexity index is 189. The molecule has 0 spiro atoms. The Morgan fingerprint density at radius 3 is 2.65 bits per heavy atom. The largest absolute Gasteiger partial charge is 0.385 e. The molecule has 17 heavy (non-hydrogen) atoms. The number of urea groups is 1. The molecule has 0 aromatic carbocycles. The molecule has 2 amide bonds. The van der Waals surface area contributed by atoms with Crippen LogP contribution in [0.25, 0.3) is 0 Å². The van der Waals surface area contributed by atoms with E-state index in [1.54, 1.807) is 19.1 Å². The van der Waals surface area contributed by atoms with Crippen LogP contribution in [0.2, 0.25) is 0 Å². The zero-order valence-corrected chi connectivity index (χ0v) is 11.3. The lowest BCUT2D eigenvalue weighted by Crippen LogP contribution is -2.38. The average molecular weight is 246 g/mol. The van der Waals surface area contributed by atoms with Crippen molar-refractivity contribution in [2.75, 3.05) is 47.1 Å². The molecule has 0 saturated heterocycles. The van der Waals surface area contributed by atoms with Gasteiger partial charge in [-0.15, -0.1) is 0 Å². The van der Waals surface area contributed by atoms with E-state index in [4.69, 9.17) is 9.47 Å². The monoisotopic (exact) mass is 246 g/mol. The molecule has 0 aliphatic rings. The van der Waals surface area contributed by atoms with Gasteiger partial charge in [0.1, 0.15) is 0 Å². The van der Waals surface area contributed by atoms with Crippen molar-refractivity contribution < 1.29 is 14.3 Å². The molecule has 0 bridgehead atoms. The second-order valence-electron chi connectivity index (χ2n) is 3.90. The summed E-state index contributed by atoms with van der Waals surface area (Å²) in [7, 11) is 3.46. The average Bonchev–Trinajstić information content (AvgIpc) is 2.33. The first-order valence-corrected chi connectivity index (χ1v) is 6.28. The molecule has 0 rings (SSSR count). The topological polar surface area (TPSA) is 50.8 Å². The molecule has 0 aromatic heterocycles. The molecule has 0 aromatic rings. The number of amides is 2. The standard InChI is InChI=1S/C12H26N2O3/c1-4-17-11-6-5-8-13-12(15)14(2)9-7-10-16-3/h4-11H2,1-3H3,(H,13,15). The van der Waals surface area contributed by atoms with Gasteiger partial charge in [0.15, 0.2) is 0 Å². The molecule has 5 heteroatoms. The fourth-order valence-corrected chi connectivity index (χ4v) is 1.35. The molecule has 5 nitrogen and oxygen atoms in total. The van der Waals surface area contributed by atoms with Crippen LogP contribution in [0.1, 0.15) is 26.2 Å². The van der Waals surface area contributed by atoms with E-state index >= 15 is 0 Å². The Morgan fingerprint density at radius 2 is 2.00 bits per heavy atom. The number of hydrogen-bond acceptors (Lipinski definition) is 3. The summed E-state index contributed by atoms with van der Waals surface area (Å²) in [6.45, 7) is 5.63. The second-order valence-corrected chi connectivity index (χ2v) is 3.90. The van der Waals surface area contributed by atoms with Gasteiger partial charge in [-0.3, -0.25) is 0 Å². The van der Waals surface area contributed by atoms with Crippen molar-refractivity contribution in [1.82, 2.24) is 10.2 Å². The molecular weight excluding hydrogens is 220 g/mol. The number of hydrogen-bond donors (Lipinski definition) is 1. The summed E-state index contributed by atoms with van der Waals surface area (Å²) in [5.41, 5.74) is 0. The predicted octanol–water partition coefficient (Wildman–Crippen LogP) is 1.48. The zero-order chi connectivity index (χ0) is 12.9. The Kier molecular flexibility index (Phi) is 11.1. The van der Waals surface area contributed by atoms with Crippen molar-refractivity contribution in [3.05, 3.63) is 0 Å². The highest BCUT2D eigenvalue weighted by Gasteiger charge is 2.06. The molecule has 0 atom stereocenters. The molecule has 0 aliphatic carbocycles.